The molecule has 4 rings (SSSR count). The highest BCUT2D eigenvalue weighted by Gasteiger charge is 2.20. The molecule has 2 aromatic carbocycles. The van der Waals surface area contributed by atoms with Gasteiger partial charge >= 0.3 is 0 Å². The molecule has 0 bridgehead atoms. The smallest absolute Gasteiger partial charge is 0.238 e. The van der Waals surface area contributed by atoms with Crippen LogP contribution < -0.4 is 5.32 Å². The maximum absolute atomic E-state index is 13.1. The molecule has 8 heteroatoms. The van der Waals surface area contributed by atoms with Crippen molar-refractivity contribution in [2.45, 2.75) is 6.54 Å². The van der Waals surface area contributed by atoms with E-state index >= 15 is 0 Å². The van der Waals surface area contributed by atoms with E-state index in [4.69, 9.17) is 4.42 Å². The number of benzene rings is 2. The summed E-state index contributed by atoms with van der Waals surface area (Å²) in [6, 6.07) is 11.8. The number of nitrogens with zero attached hydrogens (tertiary/aromatic N) is 3. The lowest BCUT2D eigenvalue weighted by atomic mass is 10.2. The number of halogens is 2. The van der Waals surface area contributed by atoms with Crippen molar-refractivity contribution in [1.82, 2.24) is 14.8 Å². The molecule has 1 aliphatic heterocycles. The third-order valence-corrected chi connectivity index (χ3v) is 5.00. The van der Waals surface area contributed by atoms with E-state index in [1.54, 1.807) is 30.5 Å². The van der Waals surface area contributed by atoms with Gasteiger partial charge in [-0.3, -0.25) is 14.6 Å². The summed E-state index contributed by atoms with van der Waals surface area (Å²) in [5.41, 5.74) is 1.37. The van der Waals surface area contributed by atoms with Crippen molar-refractivity contribution in [2.24, 2.45) is 0 Å². The van der Waals surface area contributed by atoms with Gasteiger partial charge in [0.1, 0.15) is 11.6 Å². The fourth-order valence-corrected chi connectivity index (χ4v) is 3.36. The van der Waals surface area contributed by atoms with Crippen LogP contribution in [0.4, 0.5) is 14.5 Å². The standard InChI is InChI=1S/C22H22F2N4O2/c23-17-3-1-16(2-4-17)20-13-25-22(30-20)15-28-11-9-27(10-12-28)14-21(29)26-19-7-5-18(24)6-8-19/h1-8,13H,9-12,14-15H2,(H,26,29). The van der Waals surface area contributed by atoms with E-state index in [2.05, 4.69) is 20.1 Å². The zero-order valence-electron chi connectivity index (χ0n) is 16.4. The van der Waals surface area contributed by atoms with Crippen molar-refractivity contribution in [2.75, 3.05) is 38.0 Å². The van der Waals surface area contributed by atoms with Crippen molar-refractivity contribution in [3.63, 3.8) is 0 Å². The van der Waals surface area contributed by atoms with Gasteiger partial charge in [-0.1, -0.05) is 0 Å². The second-order valence-electron chi connectivity index (χ2n) is 7.23. The first-order valence-corrected chi connectivity index (χ1v) is 9.76. The number of piperazine rings is 1. The molecule has 0 unspecified atom stereocenters. The van der Waals surface area contributed by atoms with Crippen LogP contribution >= 0.6 is 0 Å². The summed E-state index contributed by atoms with van der Waals surface area (Å²) in [6.45, 7) is 3.96. The first-order valence-electron chi connectivity index (χ1n) is 9.76. The Kier molecular flexibility index (Phi) is 6.15. The van der Waals surface area contributed by atoms with E-state index in [0.717, 1.165) is 31.7 Å². The maximum atomic E-state index is 13.1. The number of anilines is 1. The predicted molar refractivity (Wildman–Crippen MR) is 109 cm³/mol. The highest BCUT2D eigenvalue weighted by atomic mass is 19.1. The Bertz CT molecular complexity index is 981. The molecule has 0 aliphatic carbocycles. The van der Waals surface area contributed by atoms with Crippen LogP contribution in [0.3, 0.4) is 0 Å². The first kappa shape index (κ1) is 20.2. The Morgan fingerprint density at radius 3 is 2.20 bits per heavy atom. The number of hydrogen-bond donors (Lipinski definition) is 1. The first-order chi connectivity index (χ1) is 14.5. The van der Waals surface area contributed by atoms with Crippen molar-refractivity contribution in [1.29, 1.82) is 0 Å². The normalized spacial score (nSPS) is 15.3. The van der Waals surface area contributed by atoms with Gasteiger partial charge in [0.05, 0.1) is 19.3 Å². The molecule has 2 heterocycles. The average molecular weight is 412 g/mol. The molecule has 0 radical (unpaired) electrons. The topological polar surface area (TPSA) is 61.6 Å². The van der Waals surface area contributed by atoms with E-state index in [9.17, 15) is 13.6 Å². The molecule has 0 atom stereocenters. The number of hydrogen-bond acceptors (Lipinski definition) is 5. The van der Waals surface area contributed by atoms with Gasteiger partial charge in [-0.2, -0.15) is 0 Å². The van der Waals surface area contributed by atoms with E-state index in [1.807, 2.05) is 0 Å². The summed E-state index contributed by atoms with van der Waals surface area (Å²) < 4.78 is 31.8. The van der Waals surface area contributed by atoms with Crippen molar-refractivity contribution < 1.29 is 18.0 Å². The molecule has 1 N–H and O–H groups in total. The van der Waals surface area contributed by atoms with Gasteiger partial charge in [-0.15, -0.1) is 0 Å². The molecular weight excluding hydrogens is 390 g/mol. The van der Waals surface area contributed by atoms with Gasteiger partial charge in [-0.05, 0) is 48.5 Å². The minimum atomic E-state index is -0.333. The van der Waals surface area contributed by atoms with Gasteiger partial charge in [0.2, 0.25) is 11.8 Å². The summed E-state index contributed by atoms with van der Waals surface area (Å²) in [5, 5.41) is 2.78. The Morgan fingerprint density at radius 1 is 0.933 bits per heavy atom. The van der Waals surface area contributed by atoms with Crippen molar-refractivity contribution in [3.05, 3.63) is 72.3 Å². The monoisotopic (exact) mass is 412 g/mol. The summed E-state index contributed by atoms with van der Waals surface area (Å²) in [7, 11) is 0. The molecule has 30 heavy (non-hydrogen) atoms. The Hall–Kier alpha value is -3.10. The molecular formula is C22H22F2N4O2. The van der Waals surface area contributed by atoms with Crippen LogP contribution in [-0.4, -0.2) is 53.4 Å². The third-order valence-electron chi connectivity index (χ3n) is 5.00. The van der Waals surface area contributed by atoms with Crippen molar-refractivity contribution >= 4 is 11.6 Å². The molecule has 3 aromatic rings. The van der Waals surface area contributed by atoms with E-state index in [0.29, 0.717) is 30.4 Å². The predicted octanol–water partition coefficient (Wildman–Crippen LogP) is 3.38. The highest BCUT2D eigenvalue weighted by Crippen LogP contribution is 2.21. The van der Waals surface area contributed by atoms with E-state index in [-0.39, 0.29) is 17.5 Å². The number of amides is 1. The van der Waals surface area contributed by atoms with Crippen LogP contribution in [0.5, 0.6) is 0 Å². The largest absolute Gasteiger partial charge is 0.439 e. The lowest BCUT2D eigenvalue weighted by molar-refractivity contribution is -0.117. The Balaban J connectivity index is 1.23. The quantitative estimate of drug-likeness (QED) is 0.673. The minimum Gasteiger partial charge on any atom is -0.439 e. The van der Waals surface area contributed by atoms with Gasteiger partial charge in [-0.25, -0.2) is 13.8 Å². The molecule has 1 amide bonds. The maximum Gasteiger partial charge on any atom is 0.238 e. The number of aromatic nitrogens is 1. The zero-order chi connectivity index (χ0) is 20.9. The number of oxazole rings is 1. The van der Waals surface area contributed by atoms with Gasteiger partial charge < -0.3 is 9.73 Å². The van der Waals surface area contributed by atoms with Crippen LogP contribution in [0.2, 0.25) is 0 Å². The molecule has 1 aliphatic rings. The van der Waals surface area contributed by atoms with Gasteiger partial charge in [0.15, 0.2) is 5.76 Å². The van der Waals surface area contributed by atoms with Crippen LogP contribution in [-0.2, 0) is 11.3 Å². The second kappa shape index (κ2) is 9.15. The average Bonchev–Trinajstić information content (AvgIpc) is 3.20. The third kappa shape index (κ3) is 5.28. The second-order valence-corrected chi connectivity index (χ2v) is 7.23. The lowest BCUT2D eigenvalue weighted by Crippen LogP contribution is -2.48. The lowest BCUT2D eigenvalue weighted by Gasteiger charge is -2.33. The summed E-state index contributed by atoms with van der Waals surface area (Å²) in [5.74, 6) is 0.479. The van der Waals surface area contributed by atoms with E-state index in [1.165, 1.54) is 24.3 Å². The van der Waals surface area contributed by atoms with Crippen LogP contribution in [0.25, 0.3) is 11.3 Å². The summed E-state index contributed by atoms with van der Waals surface area (Å²) in [6.07, 6.45) is 1.65. The Morgan fingerprint density at radius 2 is 1.53 bits per heavy atom. The van der Waals surface area contributed by atoms with E-state index < -0.39 is 0 Å². The molecule has 1 saturated heterocycles. The zero-order valence-corrected chi connectivity index (χ0v) is 16.4. The fraction of sp³-hybridized carbons (Fsp3) is 0.273. The summed E-state index contributed by atoms with van der Waals surface area (Å²) in [4.78, 5) is 20.8. The van der Waals surface area contributed by atoms with Gasteiger partial charge in [0, 0.05) is 37.4 Å². The van der Waals surface area contributed by atoms with Crippen molar-refractivity contribution in [3.8, 4) is 11.3 Å². The number of carbonyl (C=O) groups excluding carboxylic acids is 1. The highest BCUT2D eigenvalue weighted by molar-refractivity contribution is 5.92. The van der Waals surface area contributed by atoms with Crippen LogP contribution in [0.15, 0.2) is 59.1 Å². The molecule has 156 valence electrons. The number of nitrogens with one attached hydrogen (secondary N) is 1. The van der Waals surface area contributed by atoms with Crippen LogP contribution in [0.1, 0.15) is 5.89 Å². The molecule has 0 spiro atoms. The summed E-state index contributed by atoms with van der Waals surface area (Å²) >= 11 is 0. The number of rotatable bonds is 6. The molecule has 0 saturated carbocycles. The molecule has 1 aromatic heterocycles. The SMILES string of the molecule is O=C(CN1CCN(Cc2ncc(-c3ccc(F)cc3)o2)CC1)Nc1ccc(F)cc1. The Labute approximate surface area is 173 Å². The number of carbonyl (C=O) groups is 1. The van der Waals surface area contributed by atoms with Crippen LogP contribution in [0, 0.1) is 11.6 Å². The minimum absolute atomic E-state index is 0.119. The fourth-order valence-electron chi connectivity index (χ4n) is 3.36. The molecule has 1 fully saturated rings. The molecule has 6 nitrogen and oxygen atoms in total. The van der Waals surface area contributed by atoms with Gasteiger partial charge in [0.25, 0.3) is 0 Å².